The molecule has 0 heterocycles. The molecule has 84 valence electrons. The maximum Gasteiger partial charge on any atom is 0.135 e. The van der Waals surface area contributed by atoms with E-state index in [0.717, 1.165) is 4.47 Å². The van der Waals surface area contributed by atoms with Crippen molar-refractivity contribution < 1.29 is 9.13 Å². The molecule has 4 heteroatoms. The minimum Gasteiger partial charge on any atom is -0.495 e. The number of hydrogen-bond acceptors (Lipinski definition) is 2. The number of halogens is 2. The number of ether oxygens (including phenoxy) is 1. The first kappa shape index (κ1) is 12.5. The Hall–Kier alpha value is -0.610. The van der Waals surface area contributed by atoms with Crippen LogP contribution in [0, 0.1) is 5.82 Å². The van der Waals surface area contributed by atoms with Gasteiger partial charge >= 0.3 is 0 Å². The molecule has 0 saturated heterocycles. The van der Waals surface area contributed by atoms with Crippen molar-refractivity contribution in [1.29, 1.82) is 0 Å². The molecule has 1 aromatic rings. The molecule has 0 fully saturated rings. The smallest absolute Gasteiger partial charge is 0.135 e. The molecule has 0 amide bonds. The van der Waals surface area contributed by atoms with Crippen molar-refractivity contribution in [2.75, 3.05) is 7.11 Å². The lowest BCUT2D eigenvalue weighted by molar-refractivity contribution is 0.406. The van der Waals surface area contributed by atoms with Gasteiger partial charge in [-0.2, -0.15) is 0 Å². The molecule has 0 atom stereocenters. The first-order valence-electron chi connectivity index (χ1n) is 4.64. The van der Waals surface area contributed by atoms with Crippen molar-refractivity contribution in [3.8, 4) is 5.75 Å². The predicted molar refractivity (Wildman–Crippen MR) is 62.6 cm³/mol. The van der Waals surface area contributed by atoms with Gasteiger partial charge in [0.15, 0.2) is 0 Å². The van der Waals surface area contributed by atoms with Crippen LogP contribution in [0.5, 0.6) is 5.75 Å². The Morgan fingerprint density at radius 3 is 2.53 bits per heavy atom. The van der Waals surface area contributed by atoms with Crippen molar-refractivity contribution in [2.24, 2.45) is 5.73 Å². The van der Waals surface area contributed by atoms with E-state index < -0.39 is 5.54 Å². The Morgan fingerprint density at radius 1 is 1.47 bits per heavy atom. The van der Waals surface area contributed by atoms with Crippen molar-refractivity contribution in [1.82, 2.24) is 0 Å². The van der Waals surface area contributed by atoms with E-state index in [0.29, 0.717) is 17.7 Å². The highest BCUT2D eigenvalue weighted by molar-refractivity contribution is 9.10. The Labute approximate surface area is 97.7 Å². The SMILES string of the molecule is COc1cc(F)c(CC(C)(C)N)cc1Br. The first-order chi connectivity index (χ1) is 6.83. The van der Waals surface area contributed by atoms with Crippen molar-refractivity contribution in [2.45, 2.75) is 25.8 Å². The zero-order valence-corrected chi connectivity index (χ0v) is 10.7. The molecule has 0 radical (unpaired) electrons. The van der Waals surface area contributed by atoms with Crippen LogP contribution in [0.1, 0.15) is 19.4 Å². The van der Waals surface area contributed by atoms with E-state index in [1.807, 2.05) is 13.8 Å². The molecule has 0 aliphatic rings. The van der Waals surface area contributed by atoms with E-state index >= 15 is 0 Å². The van der Waals surface area contributed by atoms with Gasteiger partial charge in [-0.3, -0.25) is 0 Å². The summed E-state index contributed by atoms with van der Waals surface area (Å²) in [6, 6.07) is 3.08. The van der Waals surface area contributed by atoms with Crippen LogP contribution in [0.2, 0.25) is 0 Å². The Kier molecular flexibility index (Phi) is 3.73. The normalized spacial score (nSPS) is 11.6. The zero-order chi connectivity index (χ0) is 11.6. The van der Waals surface area contributed by atoms with Gasteiger partial charge in [-0.1, -0.05) is 0 Å². The van der Waals surface area contributed by atoms with E-state index in [9.17, 15) is 4.39 Å². The predicted octanol–water partition coefficient (Wildman–Crippen LogP) is 2.88. The van der Waals surface area contributed by atoms with Gasteiger partial charge in [0, 0.05) is 11.6 Å². The molecule has 0 aliphatic heterocycles. The molecule has 0 aromatic heterocycles. The van der Waals surface area contributed by atoms with Crippen molar-refractivity contribution in [3.63, 3.8) is 0 Å². The third-order valence-corrected chi connectivity index (χ3v) is 2.59. The second-order valence-corrected chi connectivity index (χ2v) is 5.10. The lowest BCUT2D eigenvalue weighted by atomic mass is 9.96. The Bertz CT molecular complexity index is 360. The second-order valence-electron chi connectivity index (χ2n) is 4.24. The average molecular weight is 276 g/mol. The maximum atomic E-state index is 13.6. The molecule has 15 heavy (non-hydrogen) atoms. The standard InChI is InChI=1S/C11H15BrFNO/c1-11(2,14)6-7-4-8(12)10(15-3)5-9(7)13/h4-5H,6,14H2,1-3H3. The average Bonchev–Trinajstić information content (AvgIpc) is 2.08. The molecule has 0 unspecified atom stereocenters. The van der Waals surface area contributed by atoms with Gasteiger partial charge in [0.25, 0.3) is 0 Å². The first-order valence-corrected chi connectivity index (χ1v) is 5.43. The van der Waals surface area contributed by atoms with Gasteiger partial charge in [-0.15, -0.1) is 0 Å². The van der Waals surface area contributed by atoms with E-state index in [2.05, 4.69) is 15.9 Å². The van der Waals surface area contributed by atoms with Crippen LogP contribution in [-0.2, 0) is 6.42 Å². The number of rotatable bonds is 3. The highest BCUT2D eigenvalue weighted by Gasteiger charge is 2.16. The summed E-state index contributed by atoms with van der Waals surface area (Å²) in [6.45, 7) is 3.73. The van der Waals surface area contributed by atoms with Crippen LogP contribution in [0.15, 0.2) is 16.6 Å². The molecule has 1 aromatic carbocycles. The monoisotopic (exact) mass is 275 g/mol. The van der Waals surface area contributed by atoms with E-state index in [4.69, 9.17) is 10.5 Å². The van der Waals surface area contributed by atoms with Crippen molar-refractivity contribution in [3.05, 3.63) is 28.0 Å². The Balaban J connectivity index is 3.05. The van der Waals surface area contributed by atoms with Gasteiger partial charge in [0.1, 0.15) is 11.6 Å². The topological polar surface area (TPSA) is 35.2 Å². The van der Waals surface area contributed by atoms with Crippen LogP contribution in [0.4, 0.5) is 4.39 Å². The third-order valence-electron chi connectivity index (χ3n) is 1.97. The lowest BCUT2D eigenvalue weighted by Gasteiger charge is -2.19. The highest BCUT2D eigenvalue weighted by atomic mass is 79.9. The molecule has 0 spiro atoms. The molecule has 0 aliphatic carbocycles. The summed E-state index contributed by atoms with van der Waals surface area (Å²) >= 11 is 3.32. The summed E-state index contributed by atoms with van der Waals surface area (Å²) in [5, 5.41) is 0. The molecule has 1 rings (SSSR count). The summed E-state index contributed by atoms with van der Waals surface area (Å²) in [4.78, 5) is 0. The summed E-state index contributed by atoms with van der Waals surface area (Å²) in [6.07, 6.45) is 0.488. The minimum atomic E-state index is -0.422. The fraction of sp³-hybridized carbons (Fsp3) is 0.455. The molecular formula is C11H15BrFNO. The number of hydrogen-bond donors (Lipinski definition) is 1. The highest BCUT2D eigenvalue weighted by Crippen LogP contribution is 2.29. The summed E-state index contributed by atoms with van der Waals surface area (Å²) in [5.41, 5.74) is 6.01. The molecule has 0 bridgehead atoms. The third kappa shape index (κ3) is 3.47. The molecule has 2 nitrogen and oxygen atoms in total. The molecule has 0 saturated carbocycles. The minimum absolute atomic E-state index is 0.284. The van der Waals surface area contributed by atoms with Crippen LogP contribution in [-0.4, -0.2) is 12.6 Å². The summed E-state index contributed by atoms with van der Waals surface area (Å²) in [7, 11) is 1.51. The van der Waals surface area contributed by atoms with Gasteiger partial charge in [0.2, 0.25) is 0 Å². The summed E-state index contributed by atoms with van der Waals surface area (Å²) in [5.74, 6) is 0.208. The molecule has 2 N–H and O–H groups in total. The number of methoxy groups -OCH3 is 1. The quantitative estimate of drug-likeness (QED) is 0.921. The van der Waals surface area contributed by atoms with Gasteiger partial charge in [0.05, 0.1) is 11.6 Å². The van der Waals surface area contributed by atoms with Crippen LogP contribution >= 0.6 is 15.9 Å². The fourth-order valence-electron chi connectivity index (χ4n) is 1.35. The van der Waals surface area contributed by atoms with Gasteiger partial charge in [-0.05, 0) is 47.8 Å². The maximum absolute atomic E-state index is 13.6. The van der Waals surface area contributed by atoms with E-state index in [1.54, 1.807) is 6.07 Å². The second kappa shape index (κ2) is 4.49. The van der Waals surface area contributed by atoms with Crippen molar-refractivity contribution >= 4 is 15.9 Å². The number of nitrogens with two attached hydrogens (primary N) is 1. The van der Waals surface area contributed by atoms with Gasteiger partial charge < -0.3 is 10.5 Å². The fourth-order valence-corrected chi connectivity index (χ4v) is 1.91. The van der Waals surface area contributed by atoms with E-state index in [1.165, 1.54) is 13.2 Å². The molecular weight excluding hydrogens is 261 g/mol. The van der Waals surface area contributed by atoms with E-state index in [-0.39, 0.29) is 5.82 Å². The van der Waals surface area contributed by atoms with Crippen LogP contribution < -0.4 is 10.5 Å². The summed E-state index contributed by atoms with van der Waals surface area (Å²) < 4.78 is 19.3. The van der Waals surface area contributed by atoms with Crippen LogP contribution in [0.3, 0.4) is 0 Å². The van der Waals surface area contributed by atoms with Crippen LogP contribution in [0.25, 0.3) is 0 Å². The largest absolute Gasteiger partial charge is 0.495 e. The Morgan fingerprint density at radius 2 is 2.07 bits per heavy atom. The zero-order valence-electron chi connectivity index (χ0n) is 9.10. The number of benzene rings is 1. The lowest BCUT2D eigenvalue weighted by Crippen LogP contribution is -2.34. The van der Waals surface area contributed by atoms with Gasteiger partial charge in [-0.25, -0.2) is 4.39 Å².